The SMILES string of the molecule is Nc1c(Cl)cc(CNCc2ccc(Cl)s2)cc1Cl. The summed E-state index contributed by atoms with van der Waals surface area (Å²) in [6, 6.07) is 7.53. The molecule has 2 aromatic rings. The largest absolute Gasteiger partial charge is 0.396 e. The molecule has 0 saturated carbocycles. The second-order valence-electron chi connectivity index (χ2n) is 3.78. The van der Waals surface area contributed by atoms with Gasteiger partial charge in [-0.15, -0.1) is 11.3 Å². The van der Waals surface area contributed by atoms with E-state index >= 15 is 0 Å². The van der Waals surface area contributed by atoms with Crippen molar-refractivity contribution in [1.82, 2.24) is 5.32 Å². The molecule has 2 nitrogen and oxygen atoms in total. The van der Waals surface area contributed by atoms with Gasteiger partial charge in [0.1, 0.15) is 0 Å². The molecular weight excluding hydrogens is 311 g/mol. The summed E-state index contributed by atoms with van der Waals surface area (Å²) < 4.78 is 0.797. The molecule has 0 amide bonds. The Hall–Kier alpha value is -0.450. The van der Waals surface area contributed by atoms with Gasteiger partial charge in [-0.2, -0.15) is 0 Å². The molecule has 0 saturated heterocycles. The number of nitrogens with one attached hydrogen (secondary N) is 1. The molecular formula is C12H11Cl3N2S. The Bertz CT molecular complexity index is 531. The fraction of sp³-hybridized carbons (Fsp3) is 0.167. The molecule has 0 unspecified atom stereocenters. The second kappa shape index (κ2) is 6.13. The number of benzene rings is 1. The second-order valence-corrected chi connectivity index (χ2v) is 6.40. The highest BCUT2D eigenvalue weighted by molar-refractivity contribution is 7.16. The highest BCUT2D eigenvalue weighted by atomic mass is 35.5. The summed E-state index contributed by atoms with van der Waals surface area (Å²) in [5.74, 6) is 0. The van der Waals surface area contributed by atoms with Crippen LogP contribution in [0.1, 0.15) is 10.4 Å². The fourth-order valence-electron chi connectivity index (χ4n) is 1.52. The van der Waals surface area contributed by atoms with E-state index in [1.165, 1.54) is 4.88 Å². The zero-order valence-electron chi connectivity index (χ0n) is 9.34. The number of nitrogens with two attached hydrogens (primary N) is 1. The van der Waals surface area contributed by atoms with Gasteiger partial charge in [0.15, 0.2) is 0 Å². The van der Waals surface area contributed by atoms with Gasteiger partial charge in [-0.3, -0.25) is 0 Å². The number of hydrogen-bond donors (Lipinski definition) is 2. The molecule has 0 atom stereocenters. The van der Waals surface area contributed by atoms with Gasteiger partial charge in [-0.25, -0.2) is 0 Å². The average molecular weight is 322 g/mol. The van der Waals surface area contributed by atoms with Gasteiger partial charge in [-0.1, -0.05) is 34.8 Å². The van der Waals surface area contributed by atoms with Crippen molar-refractivity contribution in [2.24, 2.45) is 0 Å². The van der Waals surface area contributed by atoms with Crippen molar-refractivity contribution < 1.29 is 0 Å². The minimum Gasteiger partial charge on any atom is -0.396 e. The summed E-state index contributed by atoms with van der Waals surface area (Å²) in [5, 5.41) is 4.27. The summed E-state index contributed by atoms with van der Waals surface area (Å²) in [5.41, 5.74) is 7.10. The van der Waals surface area contributed by atoms with E-state index in [4.69, 9.17) is 40.5 Å². The van der Waals surface area contributed by atoms with Crippen molar-refractivity contribution in [2.75, 3.05) is 5.73 Å². The quantitative estimate of drug-likeness (QED) is 0.809. The predicted molar refractivity (Wildman–Crippen MR) is 80.7 cm³/mol. The number of thiophene rings is 1. The maximum absolute atomic E-state index is 5.97. The Morgan fingerprint density at radius 1 is 1.06 bits per heavy atom. The van der Waals surface area contributed by atoms with Crippen LogP contribution in [-0.2, 0) is 13.1 Å². The normalized spacial score (nSPS) is 10.8. The van der Waals surface area contributed by atoms with Crippen LogP contribution in [0, 0.1) is 0 Å². The molecule has 0 aliphatic rings. The molecule has 3 N–H and O–H groups in total. The summed E-state index contributed by atoms with van der Waals surface area (Å²) in [7, 11) is 0. The van der Waals surface area contributed by atoms with Gasteiger partial charge in [0.25, 0.3) is 0 Å². The molecule has 0 fully saturated rings. The fourth-order valence-corrected chi connectivity index (χ4v) is 3.11. The Morgan fingerprint density at radius 3 is 2.28 bits per heavy atom. The monoisotopic (exact) mass is 320 g/mol. The lowest BCUT2D eigenvalue weighted by atomic mass is 10.2. The summed E-state index contributed by atoms with van der Waals surface area (Å²) in [6.45, 7) is 1.44. The summed E-state index contributed by atoms with van der Waals surface area (Å²) in [4.78, 5) is 1.19. The Morgan fingerprint density at radius 2 is 1.72 bits per heavy atom. The molecule has 1 aromatic heterocycles. The van der Waals surface area contributed by atoms with E-state index in [1.54, 1.807) is 11.3 Å². The van der Waals surface area contributed by atoms with Gasteiger partial charge >= 0.3 is 0 Å². The van der Waals surface area contributed by atoms with Crippen LogP contribution in [0.25, 0.3) is 0 Å². The van der Waals surface area contributed by atoms with E-state index in [1.807, 2.05) is 24.3 Å². The van der Waals surface area contributed by atoms with Crippen molar-refractivity contribution in [2.45, 2.75) is 13.1 Å². The molecule has 0 aliphatic heterocycles. The van der Waals surface area contributed by atoms with Crippen molar-refractivity contribution in [3.8, 4) is 0 Å². The van der Waals surface area contributed by atoms with E-state index in [2.05, 4.69) is 5.32 Å². The lowest BCUT2D eigenvalue weighted by Crippen LogP contribution is -2.11. The van der Waals surface area contributed by atoms with E-state index in [-0.39, 0.29) is 0 Å². The molecule has 0 radical (unpaired) electrons. The average Bonchev–Trinajstić information content (AvgIpc) is 2.72. The number of rotatable bonds is 4. The van der Waals surface area contributed by atoms with Crippen LogP contribution in [-0.4, -0.2) is 0 Å². The van der Waals surface area contributed by atoms with Crippen LogP contribution in [0.3, 0.4) is 0 Å². The van der Waals surface area contributed by atoms with Crippen LogP contribution in [0.2, 0.25) is 14.4 Å². The van der Waals surface area contributed by atoms with Crippen molar-refractivity contribution in [3.63, 3.8) is 0 Å². The Labute approximate surface area is 125 Å². The smallest absolute Gasteiger partial charge is 0.0931 e. The van der Waals surface area contributed by atoms with Crippen molar-refractivity contribution >= 4 is 51.8 Å². The maximum Gasteiger partial charge on any atom is 0.0931 e. The van der Waals surface area contributed by atoms with Gasteiger partial charge in [-0.05, 0) is 29.8 Å². The van der Waals surface area contributed by atoms with Crippen LogP contribution in [0.4, 0.5) is 5.69 Å². The molecule has 2 rings (SSSR count). The van der Waals surface area contributed by atoms with E-state index in [0.29, 0.717) is 22.3 Å². The van der Waals surface area contributed by atoms with Gasteiger partial charge in [0, 0.05) is 18.0 Å². The van der Waals surface area contributed by atoms with Crippen LogP contribution >= 0.6 is 46.1 Å². The molecule has 18 heavy (non-hydrogen) atoms. The van der Waals surface area contributed by atoms with E-state index < -0.39 is 0 Å². The number of hydrogen-bond acceptors (Lipinski definition) is 3. The molecule has 1 heterocycles. The minimum absolute atomic E-state index is 0.423. The zero-order chi connectivity index (χ0) is 13.1. The molecule has 0 aliphatic carbocycles. The van der Waals surface area contributed by atoms with Crippen molar-refractivity contribution in [3.05, 3.63) is 49.1 Å². The topological polar surface area (TPSA) is 38.0 Å². The van der Waals surface area contributed by atoms with E-state index in [0.717, 1.165) is 16.4 Å². The molecule has 1 aromatic carbocycles. The number of anilines is 1. The third kappa shape index (κ3) is 3.53. The summed E-state index contributed by atoms with van der Waals surface area (Å²) >= 11 is 19.4. The molecule has 0 spiro atoms. The third-order valence-electron chi connectivity index (χ3n) is 2.40. The first-order chi connectivity index (χ1) is 8.56. The van der Waals surface area contributed by atoms with E-state index in [9.17, 15) is 0 Å². The first-order valence-electron chi connectivity index (χ1n) is 5.24. The standard InChI is InChI=1S/C12H11Cl3N2S/c13-9-3-7(4-10(14)12(9)16)5-17-6-8-1-2-11(15)18-8/h1-4,17H,5-6,16H2. The summed E-state index contributed by atoms with van der Waals surface area (Å²) in [6.07, 6.45) is 0. The highest BCUT2D eigenvalue weighted by Crippen LogP contribution is 2.28. The molecule has 96 valence electrons. The Kier molecular flexibility index (Phi) is 4.76. The minimum atomic E-state index is 0.423. The van der Waals surface area contributed by atoms with Crippen molar-refractivity contribution in [1.29, 1.82) is 0 Å². The zero-order valence-corrected chi connectivity index (χ0v) is 12.4. The predicted octanol–water partition coefficient (Wildman–Crippen LogP) is 4.58. The third-order valence-corrected chi connectivity index (χ3v) is 4.25. The van der Waals surface area contributed by atoms with Gasteiger partial charge < -0.3 is 11.1 Å². The van der Waals surface area contributed by atoms with Crippen LogP contribution in [0.15, 0.2) is 24.3 Å². The molecule has 6 heteroatoms. The number of nitrogen functional groups attached to an aromatic ring is 1. The lowest BCUT2D eigenvalue weighted by Gasteiger charge is -2.07. The molecule has 0 bridgehead atoms. The van der Waals surface area contributed by atoms with Crippen LogP contribution in [0.5, 0.6) is 0 Å². The maximum atomic E-state index is 5.97. The first-order valence-corrected chi connectivity index (χ1v) is 7.19. The van der Waals surface area contributed by atoms with Crippen LogP contribution < -0.4 is 11.1 Å². The Balaban J connectivity index is 1.94. The number of halogens is 3. The first kappa shape index (κ1) is 14.0. The highest BCUT2D eigenvalue weighted by Gasteiger charge is 2.05. The lowest BCUT2D eigenvalue weighted by molar-refractivity contribution is 0.701. The van der Waals surface area contributed by atoms with Gasteiger partial charge in [0.2, 0.25) is 0 Å². The van der Waals surface area contributed by atoms with Gasteiger partial charge in [0.05, 0.1) is 20.1 Å².